The summed E-state index contributed by atoms with van der Waals surface area (Å²) in [7, 11) is 0. The summed E-state index contributed by atoms with van der Waals surface area (Å²) < 4.78 is 5.58. The fourth-order valence-corrected chi connectivity index (χ4v) is 9.37. The molecule has 0 aliphatic carbocycles. The van der Waals surface area contributed by atoms with Gasteiger partial charge in [-0.05, 0) is 59.5 Å². The smallest absolute Gasteiger partial charge is 0.264 e. The van der Waals surface area contributed by atoms with Crippen LogP contribution in [0.25, 0.3) is 19.5 Å². The monoisotopic (exact) mass is 532 g/mol. The summed E-state index contributed by atoms with van der Waals surface area (Å²) in [5.41, 5.74) is 10.3. The van der Waals surface area contributed by atoms with Gasteiger partial charge in [0.05, 0.1) is 15.1 Å². The van der Waals surface area contributed by atoms with E-state index < -0.39 is 0 Å². The molecular weight excluding hydrogens is 511 g/mol. The fraction of sp³-hybridized carbons (Fsp3) is 0. The van der Waals surface area contributed by atoms with Crippen LogP contribution in [0.5, 0.6) is 0 Å². The number of hydrogen-bond donors (Lipinski definition) is 0. The van der Waals surface area contributed by atoms with E-state index in [-0.39, 0.29) is 6.71 Å². The van der Waals surface area contributed by atoms with Crippen LogP contribution in [0.4, 0.5) is 34.1 Å². The standard InChI is InChI=1S/C34H21BN2S2/c1-3-12-22(13-4-1)36-26-18-9-8-17-25(26)35-30-27(36)19-11-20-28(30)37(23-14-5-2-6-15-23)31-33-32(39-34(31)35)24-16-7-10-21-29(24)38-33/h1-21H. The van der Waals surface area contributed by atoms with Gasteiger partial charge in [-0.25, -0.2) is 0 Å². The van der Waals surface area contributed by atoms with E-state index >= 15 is 0 Å². The molecule has 9 rings (SSSR count). The van der Waals surface area contributed by atoms with Crippen LogP contribution in [0, 0.1) is 0 Å². The Kier molecular flexibility index (Phi) is 4.48. The van der Waals surface area contributed by atoms with Crippen LogP contribution in [-0.2, 0) is 0 Å². The Bertz CT molecular complexity index is 2040. The van der Waals surface area contributed by atoms with Gasteiger partial charge < -0.3 is 9.80 Å². The highest BCUT2D eigenvalue weighted by Gasteiger charge is 2.45. The maximum absolute atomic E-state index is 2.52. The second-order valence-corrected chi connectivity index (χ2v) is 12.2. The summed E-state index contributed by atoms with van der Waals surface area (Å²) in [4.78, 5) is 4.97. The van der Waals surface area contributed by atoms with Gasteiger partial charge in [0.15, 0.2) is 0 Å². The highest BCUT2D eigenvalue weighted by Crippen LogP contribution is 2.50. The average molecular weight is 533 g/mol. The Balaban J connectivity index is 1.43. The highest BCUT2D eigenvalue weighted by molar-refractivity contribution is 7.40. The van der Waals surface area contributed by atoms with Crippen molar-refractivity contribution in [3.05, 3.63) is 127 Å². The van der Waals surface area contributed by atoms with Crippen molar-refractivity contribution in [1.29, 1.82) is 0 Å². The summed E-state index contributed by atoms with van der Waals surface area (Å²) in [5, 5.41) is 1.36. The predicted octanol–water partition coefficient (Wildman–Crippen LogP) is 8.20. The minimum atomic E-state index is 0.186. The first-order valence-electron chi connectivity index (χ1n) is 13.2. The quantitative estimate of drug-likeness (QED) is 0.207. The molecule has 2 aliphatic heterocycles. The molecule has 0 fully saturated rings. The van der Waals surface area contributed by atoms with Crippen LogP contribution in [0.15, 0.2) is 127 Å². The number of thiophene rings is 2. The predicted molar refractivity (Wildman–Crippen MR) is 171 cm³/mol. The molecule has 0 bridgehead atoms. The summed E-state index contributed by atoms with van der Waals surface area (Å²) in [6.45, 7) is 0.186. The summed E-state index contributed by atoms with van der Waals surface area (Å²) >= 11 is 3.91. The zero-order valence-corrected chi connectivity index (χ0v) is 22.5. The molecule has 39 heavy (non-hydrogen) atoms. The molecule has 2 aromatic heterocycles. The summed E-state index contributed by atoms with van der Waals surface area (Å²) in [6.07, 6.45) is 0. The van der Waals surface area contributed by atoms with Crippen molar-refractivity contribution < 1.29 is 0 Å². The van der Waals surface area contributed by atoms with Gasteiger partial charge in [0, 0.05) is 43.3 Å². The first-order chi connectivity index (χ1) is 19.4. The number of nitrogens with zero attached hydrogens (tertiary/aromatic N) is 2. The van der Waals surface area contributed by atoms with E-state index in [0.29, 0.717) is 0 Å². The van der Waals surface area contributed by atoms with Crippen LogP contribution in [0.1, 0.15) is 0 Å². The molecule has 0 saturated carbocycles. The largest absolute Gasteiger partial charge is 0.311 e. The minimum Gasteiger partial charge on any atom is -0.311 e. The van der Waals surface area contributed by atoms with Gasteiger partial charge in [-0.1, -0.05) is 78.9 Å². The van der Waals surface area contributed by atoms with E-state index in [1.54, 1.807) is 0 Å². The first kappa shape index (κ1) is 21.6. The van der Waals surface area contributed by atoms with Gasteiger partial charge in [-0.2, -0.15) is 0 Å². The van der Waals surface area contributed by atoms with Crippen LogP contribution < -0.4 is 25.5 Å². The summed E-state index contributed by atoms with van der Waals surface area (Å²) in [6, 6.07) is 46.4. The minimum absolute atomic E-state index is 0.186. The molecule has 5 aromatic carbocycles. The Morgan fingerprint density at radius 2 is 1.10 bits per heavy atom. The third-order valence-corrected chi connectivity index (χ3v) is 10.6. The van der Waals surface area contributed by atoms with E-state index in [1.165, 1.54) is 69.3 Å². The molecule has 5 heteroatoms. The van der Waals surface area contributed by atoms with Gasteiger partial charge in [-0.3, -0.25) is 0 Å². The molecule has 2 aliphatic rings. The molecule has 0 N–H and O–H groups in total. The molecule has 4 heterocycles. The van der Waals surface area contributed by atoms with Crippen molar-refractivity contribution in [1.82, 2.24) is 0 Å². The zero-order chi connectivity index (χ0) is 25.5. The van der Waals surface area contributed by atoms with Gasteiger partial charge >= 0.3 is 0 Å². The molecular formula is C34H21BN2S2. The van der Waals surface area contributed by atoms with Gasteiger partial charge in [0.2, 0.25) is 0 Å². The van der Waals surface area contributed by atoms with Crippen LogP contribution >= 0.6 is 22.7 Å². The molecule has 0 saturated heterocycles. The van der Waals surface area contributed by atoms with E-state index in [4.69, 9.17) is 0 Å². The van der Waals surface area contributed by atoms with Gasteiger partial charge in [-0.15, -0.1) is 22.7 Å². The highest BCUT2D eigenvalue weighted by atomic mass is 32.1. The average Bonchev–Trinajstić information content (AvgIpc) is 3.54. The molecule has 2 nitrogen and oxygen atoms in total. The second kappa shape index (κ2) is 8.09. The molecule has 0 atom stereocenters. The number of fused-ring (bicyclic) bond motifs is 8. The number of benzene rings is 5. The van der Waals surface area contributed by atoms with Crippen molar-refractivity contribution in [2.24, 2.45) is 0 Å². The van der Waals surface area contributed by atoms with Crippen molar-refractivity contribution in [2.45, 2.75) is 0 Å². The molecule has 0 radical (unpaired) electrons. The first-order valence-corrected chi connectivity index (χ1v) is 14.9. The summed E-state index contributed by atoms with van der Waals surface area (Å²) in [5.74, 6) is 0. The van der Waals surface area contributed by atoms with Crippen LogP contribution in [0.2, 0.25) is 0 Å². The third-order valence-electron chi connectivity index (χ3n) is 8.04. The Morgan fingerprint density at radius 3 is 1.90 bits per heavy atom. The second-order valence-electron chi connectivity index (χ2n) is 10.1. The SMILES string of the molecule is c1ccc(N2c3ccccc3B3c4sc5c(sc6ccccc65)c4N(c4ccccc4)c4cccc2c43)cc1. The number of anilines is 6. The lowest BCUT2D eigenvalue weighted by Crippen LogP contribution is -2.60. The molecule has 182 valence electrons. The van der Waals surface area contributed by atoms with Crippen LogP contribution in [-0.4, -0.2) is 6.71 Å². The van der Waals surface area contributed by atoms with Crippen LogP contribution in [0.3, 0.4) is 0 Å². The maximum atomic E-state index is 2.52. The van der Waals surface area contributed by atoms with Crippen molar-refractivity contribution in [3.8, 4) is 0 Å². The maximum Gasteiger partial charge on any atom is 0.264 e. The Labute approximate surface area is 235 Å². The zero-order valence-electron chi connectivity index (χ0n) is 20.9. The number of rotatable bonds is 2. The van der Waals surface area contributed by atoms with Gasteiger partial charge in [0.1, 0.15) is 0 Å². The Hall–Kier alpha value is -4.32. The topological polar surface area (TPSA) is 6.48 Å². The lowest BCUT2D eigenvalue weighted by atomic mass is 9.36. The van der Waals surface area contributed by atoms with Crippen molar-refractivity contribution in [2.75, 3.05) is 9.80 Å². The van der Waals surface area contributed by atoms with E-state index in [9.17, 15) is 0 Å². The van der Waals surface area contributed by atoms with Gasteiger partial charge in [0.25, 0.3) is 6.71 Å². The van der Waals surface area contributed by atoms with E-state index in [0.717, 1.165) is 0 Å². The van der Waals surface area contributed by atoms with Crippen molar-refractivity contribution in [3.63, 3.8) is 0 Å². The Morgan fingerprint density at radius 1 is 0.487 bits per heavy atom. The molecule has 0 spiro atoms. The molecule has 0 unspecified atom stereocenters. The normalized spacial score (nSPS) is 13.5. The van der Waals surface area contributed by atoms with E-state index in [1.807, 2.05) is 22.7 Å². The number of para-hydroxylation sites is 3. The van der Waals surface area contributed by atoms with E-state index in [2.05, 4.69) is 137 Å². The number of hydrogen-bond acceptors (Lipinski definition) is 4. The molecule has 0 amide bonds. The lowest BCUT2D eigenvalue weighted by molar-refractivity contribution is 1.26. The molecule has 7 aromatic rings. The third kappa shape index (κ3) is 2.92. The lowest BCUT2D eigenvalue weighted by Gasteiger charge is -2.42. The van der Waals surface area contributed by atoms with Crippen molar-refractivity contribution >= 4 is 98.7 Å². The fourth-order valence-electron chi connectivity index (χ4n) is 6.50.